The van der Waals surface area contributed by atoms with Crippen LogP contribution in [0.5, 0.6) is 0 Å². The predicted molar refractivity (Wildman–Crippen MR) is 136 cm³/mol. The number of pyridine rings is 1. The van der Waals surface area contributed by atoms with E-state index in [-0.39, 0.29) is 29.2 Å². The zero-order valence-corrected chi connectivity index (χ0v) is 22.2. The minimum atomic E-state index is -0.264. The average Bonchev–Trinajstić information content (AvgIpc) is 3.34. The zero-order valence-electron chi connectivity index (χ0n) is 20.7. The molecular weight excluding hydrogens is 490 g/mol. The summed E-state index contributed by atoms with van der Waals surface area (Å²) in [4.78, 5) is 34.4. The first-order chi connectivity index (χ1) is 16.7. The van der Waals surface area contributed by atoms with Gasteiger partial charge in [0.25, 0.3) is 11.1 Å². The van der Waals surface area contributed by atoms with Gasteiger partial charge in [-0.2, -0.15) is 16.1 Å². The maximum absolute atomic E-state index is 12.7. The first kappa shape index (κ1) is 27.2. The van der Waals surface area contributed by atoms with Gasteiger partial charge in [-0.15, -0.1) is 0 Å². The van der Waals surface area contributed by atoms with Crippen molar-refractivity contribution in [3.8, 4) is 0 Å². The molecule has 0 radical (unpaired) electrons. The van der Waals surface area contributed by atoms with Crippen LogP contribution in [0, 0.1) is 19.1 Å². The number of urea groups is 1. The van der Waals surface area contributed by atoms with Crippen LogP contribution in [0.4, 0.5) is 4.79 Å². The number of hydrogen-bond acceptors (Lipinski definition) is 6. The first-order valence-corrected chi connectivity index (χ1v) is 13.1. The Kier molecular flexibility index (Phi) is 9.73. The molecular formula is C24H34ClN5O4S. The van der Waals surface area contributed by atoms with Crippen molar-refractivity contribution in [1.29, 1.82) is 0 Å². The monoisotopic (exact) mass is 523 g/mol. The van der Waals surface area contributed by atoms with E-state index in [9.17, 15) is 14.8 Å². The molecule has 0 spiro atoms. The summed E-state index contributed by atoms with van der Waals surface area (Å²) in [5, 5.41) is 19.1. The Morgan fingerprint density at radius 1 is 1.37 bits per heavy atom. The van der Waals surface area contributed by atoms with Crippen LogP contribution >= 0.6 is 22.9 Å². The lowest BCUT2D eigenvalue weighted by Crippen LogP contribution is -2.51. The fraction of sp³-hybridized carbons (Fsp3) is 0.542. The Hall–Kier alpha value is -2.40. The summed E-state index contributed by atoms with van der Waals surface area (Å²) in [5.41, 5.74) is 4.93. The maximum atomic E-state index is 12.7. The second-order valence-electron chi connectivity index (χ2n) is 8.94. The summed E-state index contributed by atoms with van der Waals surface area (Å²) in [6.45, 7) is 8.31. The summed E-state index contributed by atoms with van der Waals surface area (Å²) in [6, 6.07) is 3.72. The molecule has 1 fully saturated rings. The number of carbonyl (C=O) groups is 2. The Bertz CT molecular complexity index is 1010. The molecule has 0 saturated carbocycles. The SMILES string of the molecule is CONC(=O)N(Cc1ccsc1)C1CCN([C@H](C)CCNC(=O)c2c(C)cc(Cl)[n+]([O-])c2C)CC1. The van der Waals surface area contributed by atoms with E-state index in [1.807, 2.05) is 16.3 Å². The van der Waals surface area contributed by atoms with E-state index >= 15 is 0 Å². The van der Waals surface area contributed by atoms with E-state index < -0.39 is 0 Å². The summed E-state index contributed by atoms with van der Waals surface area (Å²) >= 11 is 7.53. The molecule has 0 aliphatic carbocycles. The molecule has 2 N–H and O–H groups in total. The summed E-state index contributed by atoms with van der Waals surface area (Å²) in [7, 11) is 1.44. The molecule has 0 unspecified atom stereocenters. The van der Waals surface area contributed by atoms with E-state index in [1.54, 1.807) is 25.2 Å². The average molecular weight is 524 g/mol. The molecule has 0 bridgehead atoms. The van der Waals surface area contributed by atoms with Gasteiger partial charge in [-0.3, -0.25) is 9.63 Å². The number of halogens is 1. The molecule has 1 saturated heterocycles. The fourth-order valence-electron chi connectivity index (χ4n) is 4.60. The zero-order chi connectivity index (χ0) is 25.5. The highest BCUT2D eigenvalue weighted by atomic mass is 35.5. The standard InChI is InChI=1S/C24H34ClN5O4S/c1-16-13-21(25)30(33)18(3)22(16)23(31)26-9-5-17(2)28-10-6-20(7-11-28)29(24(32)27-34-4)14-19-8-12-35-15-19/h8,12-13,15,17,20H,5-7,9-11,14H2,1-4H3,(H,26,31)(H,27,32)/t17-/m1/s1. The fourth-order valence-corrected chi connectivity index (χ4v) is 5.55. The molecule has 2 aromatic rings. The molecule has 2 aromatic heterocycles. The number of hydrogen-bond donors (Lipinski definition) is 2. The molecule has 3 rings (SSSR count). The van der Waals surface area contributed by atoms with Gasteiger partial charge in [0.05, 0.1) is 7.11 Å². The number of piperidine rings is 1. The molecule has 192 valence electrons. The molecule has 35 heavy (non-hydrogen) atoms. The van der Waals surface area contributed by atoms with E-state index in [0.717, 1.165) is 37.9 Å². The Morgan fingerprint density at radius 2 is 2.09 bits per heavy atom. The lowest BCUT2D eigenvalue weighted by atomic mass is 10.0. The van der Waals surface area contributed by atoms with Crippen LogP contribution in [0.1, 0.15) is 53.4 Å². The number of nitrogens with one attached hydrogen (secondary N) is 2. The van der Waals surface area contributed by atoms with Crippen molar-refractivity contribution in [2.45, 2.75) is 58.7 Å². The number of amides is 3. The molecule has 9 nitrogen and oxygen atoms in total. The topological polar surface area (TPSA) is 101 Å². The lowest BCUT2D eigenvalue weighted by molar-refractivity contribution is -0.610. The highest BCUT2D eigenvalue weighted by Crippen LogP contribution is 2.22. The van der Waals surface area contributed by atoms with Crippen molar-refractivity contribution >= 4 is 34.9 Å². The van der Waals surface area contributed by atoms with Gasteiger partial charge in [0, 0.05) is 51.3 Å². The van der Waals surface area contributed by atoms with E-state index in [1.165, 1.54) is 13.2 Å². The number of aryl methyl sites for hydroxylation is 1. The van der Waals surface area contributed by atoms with Gasteiger partial charge in [0.1, 0.15) is 5.56 Å². The van der Waals surface area contributed by atoms with Crippen LogP contribution in [-0.2, 0) is 11.4 Å². The smallest absolute Gasteiger partial charge is 0.341 e. The van der Waals surface area contributed by atoms with Crippen molar-refractivity contribution in [3.05, 3.63) is 55.6 Å². The number of likely N-dealkylation sites (tertiary alicyclic amines) is 1. The van der Waals surface area contributed by atoms with Crippen molar-refractivity contribution in [2.24, 2.45) is 0 Å². The first-order valence-electron chi connectivity index (χ1n) is 11.7. The van der Waals surface area contributed by atoms with Crippen LogP contribution in [0.15, 0.2) is 22.9 Å². The van der Waals surface area contributed by atoms with Gasteiger partial charge >= 0.3 is 6.03 Å². The quantitative estimate of drug-likeness (QED) is 0.227. The van der Waals surface area contributed by atoms with Crippen molar-refractivity contribution in [2.75, 3.05) is 26.7 Å². The van der Waals surface area contributed by atoms with E-state index in [4.69, 9.17) is 16.4 Å². The second kappa shape index (κ2) is 12.5. The molecule has 0 aromatic carbocycles. The van der Waals surface area contributed by atoms with Crippen molar-refractivity contribution in [1.82, 2.24) is 20.6 Å². The second-order valence-corrected chi connectivity index (χ2v) is 10.1. The summed E-state index contributed by atoms with van der Waals surface area (Å²) in [5.74, 6) is -0.264. The molecule has 3 amide bonds. The molecule has 1 atom stereocenters. The van der Waals surface area contributed by atoms with Crippen LogP contribution < -0.4 is 15.5 Å². The molecule has 11 heteroatoms. The van der Waals surface area contributed by atoms with Crippen LogP contribution in [0.3, 0.4) is 0 Å². The predicted octanol–water partition coefficient (Wildman–Crippen LogP) is 3.40. The van der Waals surface area contributed by atoms with Gasteiger partial charge in [0.15, 0.2) is 0 Å². The number of carbonyl (C=O) groups excluding carboxylic acids is 2. The Labute approximate surface area is 215 Å². The largest absolute Gasteiger partial charge is 0.617 e. The van der Waals surface area contributed by atoms with Crippen molar-refractivity contribution in [3.63, 3.8) is 0 Å². The van der Waals surface area contributed by atoms with E-state index in [2.05, 4.69) is 28.0 Å². The van der Waals surface area contributed by atoms with Gasteiger partial charge in [-0.25, -0.2) is 10.3 Å². The third-order valence-electron chi connectivity index (χ3n) is 6.61. The number of hydroxylamine groups is 1. The summed E-state index contributed by atoms with van der Waals surface area (Å²) < 4.78 is 0.574. The molecule has 1 aliphatic rings. The highest BCUT2D eigenvalue weighted by molar-refractivity contribution is 7.07. The normalized spacial score (nSPS) is 15.6. The van der Waals surface area contributed by atoms with Gasteiger partial charge < -0.3 is 20.3 Å². The third-order valence-corrected chi connectivity index (χ3v) is 7.61. The minimum Gasteiger partial charge on any atom is -0.617 e. The number of rotatable bonds is 9. The molecule has 3 heterocycles. The number of aromatic nitrogens is 1. The van der Waals surface area contributed by atoms with Crippen LogP contribution in [0.25, 0.3) is 0 Å². The maximum Gasteiger partial charge on any atom is 0.341 e. The number of nitrogens with zero attached hydrogens (tertiary/aromatic N) is 3. The molecule has 1 aliphatic heterocycles. The highest BCUT2D eigenvalue weighted by Gasteiger charge is 2.30. The van der Waals surface area contributed by atoms with Crippen molar-refractivity contribution < 1.29 is 19.2 Å². The van der Waals surface area contributed by atoms with Crippen LogP contribution in [-0.4, -0.2) is 60.6 Å². The van der Waals surface area contributed by atoms with Crippen LogP contribution in [0.2, 0.25) is 5.15 Å². The third kappa shape index (κ3) is 6.84. The van der Waals surface area contributed by atoms with Gasteiger partial charge in [-0.1, -0.05) is 0 Å². The van der Waals surface area contributed by atoms with Gasteiger partial charge in [-0.05, 0) is 72.7 Å². The summed E-state index contributed by atoms with van der Waals surface area (Å²) in [6.07, 6.45) is 2.51. The van der Waals surface area contributed by atoms with Gasteiger partial charge in [0.2, 0.25) is 5.69 Å². The Balaban J connectivity index is 1.50. The number of thiophene rings is 1. The minimum absolute atomic E-state index is 0.0576. The lowest BCUT2D eigenvalue weighted by Gasteiger charge is -2.40. The Morgan fingerprint density at radius 3 is 2.71 bits per heavy atom. The van der Waals surface area contributed by atoms with E-state index in [0.29, 0.717) is 34.6 Å².